The number of benzene rings is 6. The minimum atomic E-state index is -0.0284. The van der Waals surface area contributed by atoms with Crippen molar-refractivity contribution < 1.29 is 9.30 Å². The monoisotopic (exact) mass is 842 g/mol. The van der Waals surface area contributed by atoms with Gasteiger partial charge in [0.1, 0.15) is 17.3 Å². The number of fused-ring (bicyclic) bond motifs is 4. The summed E-state index contributed by atoms with van der Waals surface area (Å²) in [4.78, 5) is 4.95. The highest BCUT2D eigenvalue weighted by molar-refractivity contribution is 6.10. The van der Waals surface area contributed by atoms with E-state index in [1.165, 1.54) is 44.3 Å². The molecule has 0 radical (unpaired) electrons. The predicted molar refractivity (Wildman–Crippen MR) is 267 cm³/mol. The Bertz CT molecular complexity index is 3160. The van der Waals surface area contributed by atoms with Crippen molar-refractivity contribution in [2.24, 2.45) is 0 Å². The molecule has 0 atom stereocenters. The van der Waals surface area contributed by atoms with Gasteiger partial charge < -0.3 is 13.9 Å². The lowest BCUT2D eigenvalue weighted by Crippen LogP contribution is -2.34. The molecule has 0 fully saturated rings. The molecule has 5 nitrogen and oxygen atoms in total. The molecule has 0 aliphatic carbocycles. The first-order chi connectivity index (χ1) is 30.2. The first kappa shape index (κ1) is 42.8. The fourth-order valence-electron chi connectivity index (χ4n) is 8.73. The van der Waals surface area contributed by atoms with Gasteiger partial charge in [-0.15, -0.1) is 0 Å². The average Bonchev–Trinajstić information content (AvgIpc) is 3.77. The van der Waals surface area contributed by atoms with Crippen LogP contribution in [0.1, 0.15) is 111 Å². The van der Waals surface area contributed by atoms with E-state index in [1.54, 1.807) is 0 Å². The van der Waals surface area contributed by atoms with Gasteiger partial charge >= 0.3 is 0 Å². The van der Waals surface area contributed by atoms with Crippen molar-refractivity contribution in [2.75, 3.05) is 0 Å². The highest BCUT2D eigenvalue weighted by Crippen LogP contribution is 2.39. The van der Waals surface area contributed by atoms with Crippen molar-refractivity contribution in [3.05, 3.63) is 180 Å². The molecule has 9 rings (SSSR count). The van der Waals surface area contributed by atoms with Gasteiger partial charge in [0.25, 0.3) is 0 Å². The maximum atomic E-state index is 6.82. The molecular weight excluding hydrogens is 781 g/mol. The van der Waals surface area contributed by atoms with Gasteiger partial charge in [0.05, 0.1) is 34.3 Å². The van der Waals surface area contributed by atoms with Crippen LogP contribution >= 0.6 is 0 Å². The Kier molecular flexibility index (Phi) is 10.5. The van der Waals surface area contributed by atoms with Gasteiger partial charge in [-0.25, -0.2) is 4.98 Å². The minimum Gasteiger partial charge on any atom is -0.458 e. The number of ether oxygens (including phenoxy) is 1. The summed E-state index contributed by atoms with van der Waals surface area (Å²) in [5.74, 6) is 2.39. The third-order valence-electron chi connectivity index (χ3n) is 12.7. The van der Waals surface area contributed by atoms with E-state index >= 15 is 0 Å². The standard InChI is InChI=1S/C59H62N4O/c1-56(2,3)42-22-26-52-54(33-42)62(38-61(52)37-39-29-44(58(7,8)9)32-45(30-39)59(10,11)12)46-19-16-20-47(35-46)64-48-23-24-49-50-31-41(40-17-14-13-15-18-40)21-25-51(50)63(53(49)36-48)55-34-43(27-28-60-55)57(4,5)6/h13-36H,37H2,1-12H3. The molecule has 324 valence electrons. The number of nitrogens with zero attached hydrogens (tertiary/aromatic N) is 4. The van der Waals surface area contributed by atoms with Gasteiger partial charge in [-0.2, -0.15) is 0 Å². The van der Waals surface area contributed by atoms with Crippen LogP contribution in [0.4, 0.5) is 0 Å². The number of rotatable bonds is 7. The molecule has 0 saturated heterocycles. The van der Waals surface area contributed by atoms with Gasteiger partial charge in [0.15, 0.2) is 0 Å². The van der Waals surface area contributed by atoms with Crippen LogP contribution in [0.15, 0.2) is 146 Å². The zero-order valence-corrected chi connectivity index (χ0v) is 39.8. The van der Waals surface area contributed by atoms with E-state index in [4.69, 9.17) is 9.72 Å². The van der Waals surface area contributed by atoms with Crippen molar-refractivity contribution in [2.45, 2.75) is 111 Å². The van der Waals surface area contributed by atoms with E-state index < -0.39 is 0 Å². The van der Waals surface area contributed by atoms with Gasteiger partial charge in [0, 0.05) is 23.0 Å². The summed E-state index contributed by atoms with van der Waals surface area (Å²) in [6.07, 6.45) is 5.73. The van der Waals surface area contributed by atoms with Gasteiger partial charge in [-0.3, -0.25) is 4.57 Å². The molecule has 0 saturated carbocycles. The van der Waals surface area contributed by atoms with E-state index in [0.717, 1.165) is 50.5 Å². The molecule has 0 spiro atoms. The summed E-state index contributed by atoms with van der Waals surface area (Å²) in [5.41, 5.74) is 14.2. The molecule has 0 aliphatic heterocycles. The lowest BCUT2D eigenvalue weighted by molar-refractivity contribution is -0.667. The summed E-state index contributed by atoms with van der Waals surface area (Å²) in [5, 5.41) is 2.32. The molecule has 0 N–H and O–H groups in total. The van der Waals surface area contributed by atoms with E-state index in [9.17, 15) is 0 Å². The highest BCUT2D eigenvalue weighted by atomic mass is 16.5. The molecule has 6 aromatic carbocycles. The first-order valence-corrected chi connectivity index (χ1v) is 22.7. The molecule has 0 amide bonds. The van der Waals surface area contributed by atoms with Crippen molar-refractivity contribution in [3.63, 3.8) is 0 Å². The normalized spacial score (nSPS) is 12.8. The second kappa shape index (κ2) is 15.7. The highest BCUT2D eigenvalue weighted by Gasteiger charge is 2.23. The molecule has 3 heterocycles. The molecule has 0 unspecified atom stereocenters. The molecule has 0 aliphatic rings. The molecule has 9 aromatic rings. The molecule has 5 heteroatoms. The van der Waals surface area contributed by atoms with E-state index in [0.29, 0.717) is 6.54 Å². The quantitative estimate of drug-likeness (QED) is 0.118. The molecular formula is C59H62N4O. The van der Waals surface area contributed by atoms with Crippen LogP contribution in [-0.2, 0) is 28.2 Å². The zero-order chi connectivity index (χ0) is 45.3. The summed E-state index contributed by atoms with van der Waals surface area (Å²) in [6.45, 7) is 28.1. The predicted octanol–water partition coefficient (Wildman–Crippen LogP) is 14.9. The van der Waals surface area contributed by atoms with Crippen LogP contribution in [0.25, 0.3) is 55.5 Å². The second-order valence-electron chi connectivity index (χ2n) is 21.8. The van der Waals surface area contributed by atoms with E-state index in [2.05, 4.69) is 237 Å². The molecule has 64 heavy (non-hydrogen) atoms. The van der Waals surface area contributed by atoms with E-state index in [-0.39, 0.29) is 21.7 Å². The summed E-state index contributed by atoms with van der Waals surface area (Å²) >= 11 is 0. The number of hydrogen-bond donors (Lipinski definition) is 0. The van der Waals surface area contributed by atoms with Crippen molar-refractivity contribution >= 4 is 32.8 Å². The largest absolute Gasteiger partial charge is 0.458 e. The number of hydrogen-bond acceptors (Lipinski definition) is 2. The van der Waals surface area contributed by atoms with Crippen LogP contribution < -0.4 is 9.30 Å². The number of pyridine rings is 1. The van der Waals surface area contributed by atoms with Crippen molar-refractivity contribution in [1.29, 1.82) is 0 Å². The number of imidazole rings is 1. The Balaban J connectivity index is 1.14. The SMILES string of the molecule is CC(C)(C)c1cc(C[n+]2[c-]n(-c3cccc(Oc4ccc5c6cc(-c7ccccc7)ccc6n(-c6cc(C(C)(C)C)ccn6)c5c4)c3)c3cc(C(C)(C)C)ccc32)cc(C(C)(C)C)c1. The topological polar surface area (TPSA) is 35.9 Å². The lowest BCUT2D eigenvalue weighted by atomic mass is 9.79. The fourth-order valence-corrected chi connectivity index (χ4v) is 8.73. The molecule has 3 aromatic heterocycles. The Morgan fingerprint density at radius 2 is 1.17 bits per heavy atom. The van der Waals surface area contributed by atoms with Crippen LogP contribution in [0.2, 0.25) is 0 Å². The second-order valence-corrected chi connectivity index (χ2v) is 21.8. The van der Waals surface area contributed by atoms with E-state index in [1.807, 2.05) is 12.3 Å². The first-order valence-electron chi connectivity index (χ1n) is 22.7. The minimum absolute atomic E-state index is 0.0183. The third kappa shape index (κ3) is 8.36. The molecule has 0 bridgehead atoms. The Labute approximate surface area is 380 Å². The smallest absolute Gasteiger partial charge is 0.244 e. The van der Waals surface area contributed by atoms with Crippen LogP contribution in [-0.4, -0.2) is 14.1 Å². The van der Waals surface area contributed by atoms with Crippen LogP contribution in [0.5, 0.6) is 11.5 Å². The fraction of sp³-hybridized carbons (Fsp3) is 0.288. The summed E-state index contributed by atoms with van der Waals surface area (Å²) in [7, 11) is 0. The Morgan fingerprint density at radius 1 is 0.500 bits per heavy atom. The van der Waals surface area contributed by atoms with Gasteiger partial charge in [0.2, 0.25) is 6.33 Å². The Morgan fingerprint density at radius 3 is 1.86 bits per heavy atom. The van der Waals surface area contributed by atoms with Crippen molar-refractivity contribution in [1.82, 2.24) is 14.1 Å². The maximum absolute atomic E-state index is 6.82. The van der Waals surface area contributed by atoms with Gasteiger partial charge in [-0.1, -0.05) is 168 Å². The third-order valence-corrected chi connectivity index (χ3v) is 12.7. The lowest BCUT2D eigenvalue weighted by Gasteiger charge is -2.26. The maximum Gasteiger partial charge on any atom is 0.244 e. The number of aromatic nitrogens is 4. The van der Waals surface area contributed by atoms with Crippen LogP contribution in [0.3, 0.4) is 0 Å². The zero-order valence-electron chi connectivity index (χ0n) is 39.8. The van der Waals surface area contributed by atoms with Crippen LogP contribution in [0, 0.1) is 6.33 Å². The van der Waals surface area contributed by atoms with Gasteiger partial charge in [-0.05, 0) is 109 Å². The average molecular weight is 843 g/mol. The summed E-state index contributed by atoms with van der Waals surface area (Å²) in [6, 6.07) is 50.5. The summed E-state index contributed by atoms with van der Waals surface area (Å²) < 4.78 is 13.6. The Hall–Kier alpha value is -6.46. The van der Waals surface area contributed by atoms with Crippen molar-refractivity contribution in [3.8, 4) is 34.1 Å².